The zero-order chi connectivity index (χ0) is 12.3. The number of nitrogens with zero attached hydrogens (tertiary/aromatic N) is 3. The summed E-state index contributed by atoms with van der Waals surface area (Å²) in [4.78, 5) is 4.50. The Bertz CT molecular complexity index is 550. The van der Waals surface area contributed by atoms with Crippen LogP contribution in [0, 0.1) is 18.3 Å². The van der Waals surface area contributed by atoms with Crippen molar-refractivity contribution >= 4 is 11.0 Å². The molecule has 1 N–H and O–H groups in total. The molecule has 2 rings (SSSR count). The van der Waals surface area contributed by atoms with E-state index in [1.807, 2.05) is 32.2 Å². The number of nitrogens with one attached hydrogen (secondary N) is 1. The van der Waals surface area contributed by atoms with Crippen LogP contribution < -0.4 is 5.32 Å². The summed E-state index contributed by atoms with van der Waals surface area (Å²) in [6.07, 6.45) is 0.786. The van der Waals surface area contributed by atoms with Crippen molar-refractivity contribution in [2.24, 2.45) is 0 Å². The topological polar surface area (TPSA) is 53.6 Å². The highest BCUT2D eigenvalue weighted by Gasteiger charge is 2.09. The summed E-state index contributed by atoms with van der Waals surface area (Å²) in [5.41, 5.74) is 2.15. The molecular weight excluding hydrogens is 212 g/mol. The summed E-state index contributed by atoms with van der Waals surface area (Å²) < 4.78 is 2.16. The molecule has 0 amide bonds. The molecule has 0 aliphatic carbocycles. The highest BCUT2D eigenvalue weighted by molar-refractivity contribution is 5.75. The molecule has 0 saturated carbocycles. The summed E-state index contributed by atoms with van der Waals surface area (Å²) in [5.74, 6) is 0.999. The van der Waals surface area contributed by atoms with Gasteiger partial charge in [-0.25, -0.2) is 4.98 Å². The van der Waals surface area contributed by atoms with Crippen molar-refractivity contribution in [1.82, 2.24) is 14.9 Å². The molecule has 0 aliphatic rings. The summed E-state index contributed by atoms with van der Waals surface area (Å²) in [6.45, 7) is 2.81. The van der Waals surface area contributed by atoms with Crippen molar-refractivity contribution in [2.75, 3.05) is 7.05 Å². The van der Waals surface area contributed by atoms with Gasteiger partial charge in [-0.3, -0.25) is 0 Å². The molecule has 1 unspecified atom stereocenters. The van der Waals surface area contributed by atoms with Gasteiger partial charge in [0.25, 0.3) is 0 Å². The lowest BCUT2D eigenvalue weighted by atomic mass is 10.2. The van der Waals surface area contributed by atoms with E-state index < -0.39 is 0 Å². The van der Waals surface area contributed by atoms with Gasteiger partial charge in [0, 0.05) is 6.54 Å². The largest absolute Gasteiger partial charge is 0.328 e. The maximum absolute atomic E-state index is 8.90. The number of fused-ring (bicyclic) bond motifs is 1. The van der Waals surface area contributed by atoms with E-state index in [9.17, 15) is 0 Å². The fourth-order valence-corrected chi connectivity index (χ4v) is 2.01. The second-order valence-corrected chi connectivity index (χ2v) is 4.06. The lowest BCUT2D eigenvalue weighted by Crippen LogP contribution is -2.24. The maximum Gasteiger partial charge on any atom is 0.106 e. The van der Waals surface area contributed by atoms with Crippen LogP contribution >= 0.6 is 0 Å². The Morgan fingerprint density at radius 2 is 2.24 bits per heavy atom. The van der Waals surface area contributed by atoms with Crippen LogP contribution in [0.1, 0.15) is 12.2 Å². The molecule has 1 heterocycles. The smallest absolute Gasteiger partial charge is 0.106 e. The lowest BCUT2D eigenvalue weighted by molar-refractivity contribution is 0.552. The van der Waals surface area contributed by atoms with E-state index in [0.717, 1.165) is 29.8 Å². The Kier molecular flexibility index (Phi) is 3.40. The minimum Gasteiger partial charge on any atom is -0.328 e. The number of aromatic nitrogens is 2. The molecule has 4 heteroatoms. The van der Waals surface area contributed by atoms with Crippen molar-refractivity contribution in [1.29, 1.82) is 5.26 Å². The molecule has 1 aromatic carbocycles. The molecule has 0 fully saturated rings. The van der Waals surface area contributed by atoms with Crippen LogP contribution in [0.5, 0.6) is 0 Å². The first-order valence-electron chi connectivity index (χ1n) is 5.75. The van der Waals surface area contributed by atoms with E-state index in [-0.39, 0.29) is 6.04 Å². The Balaban J connectivity index is 2.24. The van der Waals surface area contributed by atoms with Crippen LogP contribution in [0.2, 0.25) is 0 Å². The third-order valence-electron chi connectivity index (χ3n) is 2.99. The highest BCUT2D eigenvalue weighted by atomic mass is 15.1. The number of hydrogen-bond acceptors (Lipinski definition) is 3. The predicted octanol–water partition coefficient (Wildman–Crippen LogP) is 1.85. The number of nitriles is 1. The van der Waals surface area contributed by atoms with E-state index in [4.69, 9.17) is 5.26 Å². The number of para-hydroxylation sites is 2. The van der Waals surface area contributed by atoms with Crippen LogP contribution in [0.15, 0.2) is 24.3 Å². The van der Waals surface area contributed by atoms with Crippen LogP contribution in [0.4, 0.5) is 0 Å². The Morgan fingerprint density at radius 1 is 1.47 bits per heavy atom. The van der Waals surface area contributed by atoms with E-state index in [0.29, 0.717) is 0 Å². The number of imidazole rings is 1. The van der Waals surface area contributed by atoms with Crippen molar-refractivity contribution < 1.29 is 0 Å². The molecule has 0 saturated heterocycles. The quantitative estimate of drug-likeness (QED) is 0.868. The Labute approximate surface area is 101 Å². The number of hydrogen-bond donors (Lipinski definition) is 1. The van der Waals surface area contributed by atoms with Crippen molar-refractivity contribution in [3.63, 3.8) is 0 Å². The SMILES string of the molecule is CNC(C#N)CCn1c(C)nc2ccccc21. The summed E-state index contributed by atoms with van der Waals surface area (Å²) in [5, 5.41) is 11.9. The minimum atomic E-state index is -0.101. The molecule has 1 atom stereocenters. The fraction of sp³-hybridized carbons (Fsp3) is 0.385. The Hall–Kier alpha value is -1.86. The lowest BCUT2D eigenvalue weighted by Gasteiger charge is -2.10. The number of aryl methyl sites for hydroxylation is 2. The normalized spacial score (nSPS) is 12.5. The first-order valence-corrected chi connectivity index (χ1v) is 5.75. The zero-order valence-corrected chi connectivity index (χ0v) is 10.1. The van der Waals surface area contributed by atoms with Gasteiger partial charge >= 0.3 is 0 Å². The molecule has 17 heavy (non-hydrogen) atoms. The highest BCUT2D eigenvalue weighted by Crippen LogP contribution is 2.16. The second-order valence-electron chi connectivity index (χ2n) is 4.06. The van der Waals surface area contributed by atoms with Gasteiger partial charge in [0.1, 0.15) is 5.82 Å². The van der Waals surface area contributed by atoms with Gasteiger partial charge in [-0.2, -0.15) is 5.26 Å². The Morgan fingerprint density at radius 3 is 2.94 bits per heavy atom. The summed E-state index contributed by atoms with van der Waals surface area (Å²) in [7, 11) is 1.81. The van der Waals surface area contributed by atoms with Crippen molar-refractivity contribution in [3.8, 4) is 6.07 Å². The first kappa shape index (κ1) is 11.6. The van der Waals surface area contributed by atoms with Crippen LogP contribution in [-0.4, -0.2) is 22.6 Å². The fourth-order valence-electron chi connectivity index (χ4n) is 2.01. The molecule has 4 nitrogen and oxygen atoms in total. The monoisotopic (exact) mass is 228 g/mol. The van der Waals surface area contributed by atoms with Gasteiger partial charge in [-0.15, -0.1) is 0 Å². The van der Waals surface area contributed by atoms with E-state index >= 15 is 0 Å². The van der Waals surface area contributed by atoms with Crippen LogP contribution in [0.25, 0.3) is 11.0 Å². The molecular formula is C13H16N4. The zero-order valence-electron chi connectivity index (χ0n) is 10.1. The van der Waals surface area contributed by atoms with Gasteiger partial charge in [-0.1, -0.05) is 12.1 Å². The van der Waals surface area contributed by atoms with E-state index in [1.54, 1.807) is 0 Å². The average molecular weight is 228 g/mol. The predicted molar refractivity (Wildman–Crippen MR) is 67.5 cm³/mol. The average Bonchev–Trinajstić information content (AvgIpc) is 2.67. The van der Waals surface area contributed by atoms with E-state index in [1.165, 1.54) is 0 Å². The maximum atomic E-state index is 8.90. The molecule has 1 aromatic heterocycles. The summed E-state index contributed by atoms with van der Waals surface area (Å²) in [6, 6.07) is 10.2. The van der Waals surface area contributed by atoms with Gasteiger partial charge in [0.05, 0.1) is 23.1 Å². The molecule has 0 bridgehead atoms. The standard InChI is InChI=1S/C13H16N4/c1-10-16-12-5-3-4-6-13(12)17(10)8-7-11(9-14)15-2/h3-6,11,15H,7-8H2,1-2H3. The van der Waals surface area contributed by atoms with Gasteiger partial charge in [0.2, 0.25) is 0 Å². The van der Waals surface area contributed by atoms with Crippen molar-refractivity contribution in [3.05, 3.63) is 30.1 Å². The molecule has 0 aliphatic heterocycles. The van der Waals surface area contributed by atoms with Gasteiger partial charge < -0.3 is 9.88 Å². The molecule has 0 spiro atoms. The molecule has 88 valence electrons. The molecule has 2 aromatic rings. The van der Waals surface area contributed by atoms with Crippen LogP contribution in [0.3, 0.4) is 0 Å². The van der Waals surface area contributed by atoms with Crippen LogP contribution in [-0.2, 0) is 6.54 Å². The summed E-state index contributed by atoms with van der Waals surface area (Å²) >= 11 is 0. The first-order chi connectivity index (χ1) is 8.26. The third kappa shape index (κ3) is 2.29. The third-order valence-corrected chi connectivity index (χ3v) is 2.99. The van der Waals surface area contributed by atoms with Crippen molar-refractivity contribution in [2.45, 2.75) is 25.9 Å². The second kappa shape index (κ2) is 4.98. The molecule has 0 radical (unpaired) electrons. The number of rotatable bonds is 4. The van der Waals surface area contributed by atoms with E-state index in [2.05, 4.69) is 27.0 Å². The van der Waals surface area contributed by atoms with Gasteiger partial charge in [0.15, 0.2) is 0 Å². The number of benzene rings is 1. The van der Waals surface area contributed by atoms with Gasteiger partial charge in [-0.05, 0) is 32.5 Å². The minimum absolute atomic E-state index is 0.101.